The number of pyridine rings is 1. The van der Waals surface area contributed by atoms with Crippen molar-refractivity contribution >= 4 is 12.9 Å². The standard InChI is InChI=1S/C33H31BN3O2/c1-32(2,38)33(3,4)39-34-28-14-8-12-26(20-28)30-21-29(36-31(37-30)25-10-6-5-7-11-25)24-17-15-23(16-18-24)27-13-9-19-35-22-27/h5-22,38H,1-4H3. The van der Waals surface area contributed by atoms with E-state index >= 15 is 0 Å². The van der Waals surface area contributed by atoms with Gasteiger partial charge < -0.3 is 9.76 Å². The molecule has 0 aliphatic heterocycles. The van der Waals surface area contributed by atoms with Crippen molar-refractivity contribution in [3.63, 3.8) is 0 Å². The maximum atomic E-state index is 10.5. The third kappa shape index (κ3) is 6.14. The van der Waals surface area contributed by atoms with Crippen LogP contribution in [0.2, 0.25) is 0 Å². The van der Waals surface area contributed by atoms with Crippen LogP contribution in [0.15, 0.2) is 109 Å². The van der Waals surface area contributed by atoms with Gasteiger partial charge in [0.15, 0.2) is 5.82 Å². The Kier molecular flexibility index (Phi) is 7.42. The summed E-state index contributed by atoms with van der Waals surface area (Å²) in [7, 11) is 1.69. The van der Waals surface area contributed by atoms with E-state index in [1.54, 1.807) is 27.5 Å². The molecule has 6 heteroatoms. The number of hydrogen-bond acceptors (Lipinski definition) is 5. The summed E-state index contributed by atoms with van der Waals surface area (Å²) in [5.74, 6) is 0.660. The summed E-state index contributed by atoms with van der Waals surface area (Å²) in [4.78, 5) is 14.1. The summed E-state index contributed by atoms with van der Waals surface area (Å²) >= 11 is 0. The second-order valence-corrected chi connectivity index (χ2v) is 10.6. The van der Waals surface area contributed by atoms with Crippen LogP contribution in [-0.2, 0) is 4.65 Å². The van der Waals surface area contributed by atoms with Crippen molar-refractivity contribution in [3.8, 4) is 45.0 Å². The quantitative estimate of drug-likeness (QED) is 0.246. The third-order valence-electron chi connectivity index (χ3n) is 7.08. The van der Waals surface area contributed by atoms with Gasteiger partial charge in [0.1, 0.15) is 0 Å². The minimum Gasteiger partial charge on any atom is -0.427 e. The van der Waals surface area contributed by atoms with Gasteiger partial charge in [0.2, 0.25) is 0 Å². The normalized spacial score (nSPS) is 11.8. The lowest BCUT2D eigenvalue weighted by Gasteiger charge is -2.37. The Morgan fingerprint density at radius 1 is 0.641 bits per heavy atom. The second kappa shape index (κ2) is 10.9. The summed E-state index contributed by atoms with van der Waals surface area (Å²) in [6.45, 7) is 7.23. The predicted molar refractivity (Wildman–Crippen MR) is 158 cm³/mol. The molecule has 3 aromatic carbocycles. The molecule has 0 unspecified atom stereocenters. The van der Waals surface area contributed by atoms with E-state index in [9.17, 15) is 5.11 Å². The molecule has 39 heavy (non-hydrogen) atoms. The van der Waals surface area contributed by atoms with E-state index in [0.29, 0.717) is 5.82 Å². The van der Waals surface area contributed by atoms with Crippen LogP contribution in [0.1, 0.15) is 27.7 Å². The fourth-order valence-electron chi connectivity index (χ4n) is 3.96. The molecular formula is C33H31BN3O2. The van der Waals surface area contributed by atoms with Crippen molar-refractivity contribution in [1.29, 1.82) is 0 Å². The first kappa shape index (κ1) is 26.5. The summed E-state index contributed by atoms with van der Waals surface area (Å²) < 4.78 is 5.99. The minimum atomic E-state index is -1.00. The van der Waals surface area contributed by atoms with Crippen LogP contribution in [0, 0.1) is 0 Å². The molecule has 1 radical (unpaired) electrons. The van der Waals surface area contributed by atoms with E-state index in [4.69, 9.17) is 14.6 Å². The van der Waals surface area contributed by atoms with Gasteiger partial charge >= 0.3 is 7.48 Å². The molecule has 0 saturated heterocycles. The van der Waals surface area contributed by atoms with Gasteiger partial charge in [-0.3, -0.25) is 4.98 Å². The third-order valence-corrected chi connectivity index (χ3v) is 7.08. The molecule has 5 aromatic rings. The van der Waals surface area contributed by atoms with Crippen molar-refractivity contribution in [3.05, 3.63) is 109 Å². The molecule has 0 amide bonds. The van der Waals surface area contributed by atoms with Crippen molar-refractivity contribution < 1.29 is 9.76 Å². The summed E-state index contributed by atoms with van der Waals surface area (Å²) in [6, 6.07) is 32.4. The molecular weight excluding hydrogens is 481 g/mol. The lowest BCUT2D eigenvalue weighted by atomic mass is 9.82. The number of nitrogens with zero attached hydrogens (tertiary/aromatic N) is 3. The number of aromatic nitrogens is 3. The molecule has 0 aliphatic carbocycles. The first-order valence-corrected chi connectivity index (χ1v) is 13.0. The maximum Gasteiger partial charge on any atom is 0.330 e. The van der Waals surface area contributed by atoms with Crippen LogP contribution in [0.25, 0.3) is 45.0 Å². The van der Waals surface area contributed by atoms with E-state index in [1.165, 1.54) is 0 Å². The van der Waals surface area contributed by atoms with E-state index in [0.717, 1.165) is 44.7 Å². The molecule has 0 saturated carbocycles. The van der Waals surface area contributed by atoms with Crippen LogP contribution >= 0.6 is 0 Å². The molecule has 0 atom stereocenters. The molecule has 0 bridgehead atoms. The molecule has 0 fully saturated rings. The Bertz CT molecular complexity index is 1550. The van der Waals surface area contributed by atoms with E-state index < -0.39 is 11.2 Å². The van der Waals surface area contributed by atoms with Crippen LogP contribution in [0.5, 0.6) is 0 Å². The molecule has 2 aromatic heterocycles. The lowest BCUT2D eigenvalue weighted by Crippen LogP contribution is -2.49. The van der Waals surface area contributed by atoms with Gasteiger partial charge in [0.25, 0.3) is 0 Å². The predicted octanol–water partition coefficient (Wildman–Crippen LogP) is 6.35. The Hall–Kier alpha value is -4.13. The fourth-order valence-corrected chi connectivity index (χ4v) is 3.96. The van der Waals surface area contributed by atoms with Gasteiger partial charge in [0.05, 0.1) is 22.6 Å². The van der Waals surface area contributed by atoms with E-state index in [2.05, 4.69) is 35.3 Å². The molecule has 0 spiro atoms. The minimum absolute atomic E-state index is 0.660. The summed E-state index contributed by atoms with van der Waals surface area (Å²) in [6.07, 6.45) is 3.64. The summed E-state index contributed by atoms with van der Waals surface area (Å²) in [5.41, 5.74) is 5.84. The number of rotatable bonds is 8. The Balaban J connectivity index is 1.51. The molecule has 2 heterocycles. The molecule has 1 N–H and O–H groups in total. The van der Waals surface area contributed by atoms with Crippen molar-refractivity contribution in [2.24, 2.45) is 0 Å². The zero-order chi connectivity index (χ0) is 27.5. The van der Waals surface area contributed by atoms with Crippen molar-refractivity contribution in [2.75, 3.05) is 0 Å². The second-order valence-electron chi connectivity index (χ2n) is 10.6. The average Bonchev–Trinajstić information content (AvgIpc) is 2.96. The van der Waals surface area contributed by atoms with Gasteiger partial charge in [-0.05, 0) is 56.5 Å². The van der Waals surface area contributed by atoms with Crippen molar-refractivity contribution in [2.45, 2.75) is 38.9 Å². The molecule has 193 valence electrons. The highest BCUT2D eigenvalue weighted by Gasteiger charge is 2.35. The lowest BCUT2D eigenvalue weighted by molar-refractivity contribution is -0.0893. The maximum absolute atomic E-state index is 10.5. The zero-order valence-electron chi connectivity index (χ0n) is 22.7. The first-order valence-electron chi connectivity index (χ1n) is 13.0. The zero-order valence-corrected chi connectivity index (χ0v) is 22.7. The summed E-state index contributed by atoms with van der Waals surface area (Å²) in [5, 5.41) is 10.5. The van der Waals surface area contributed by atoms with Gasteiger partial charge in [-0.1, -0.05) is 90.4 Å². The van der Waals surface area contributed by atoms with Gasteiger partial charge in [-0.15, -0.1) is 0 Å². The Morgan fingerprint density at radius 2 is 1.28 bits per heavy atom. The molecule has 5 nitrogen and oxygen atoms in total. The number of hydrogen-bond donors (Lipinski definition) is 1. The SMILES string of the molecule is CC(C)(O)C(C)(C)O[B]c1cccc(-c2cc(-c3ccc(-c4cccnc4)cc3)nc(-c3ccccc3)n2)c1. The Morgan fingerprint density at radius 3 is 1.95 bits per heavy atom. The van der Waals surface area contributed by atoms with E-state index in [-0.39, 0.29) is 0 Å². The van der Waals surface area contributed by atoms with Crippen LogP contribution in [0.4, 0.5) is 0 Å². The van der Waals surface area contributed by atoms with Gasteiger partial charge in [-0.25, -0.2) is 9.97 Å². The van der Waals surface area contributed by atoms with Crippen LogP contribution in [-0.4, -0.2) is 38.7 Å². The van der Waals surface area contributed by atoms with Crippen LogP contribution in [0.3, 0.4) is 0 Å². The monoisotopic (exact) mass is 512 g/mol. The highest BCUT2D eigenvalue weighted by atomic mass is 16.5. The fraction of sp³-hybridized carbons (Fsp3) is 0.182. The Labute approximate surface area is 230 Å². The highest BCUT2D eigenvalue weighted by molar-refractivity contribution is 6.47. The topological polar surface area (TPSA) is 68.1 Å². The highest BCUT2D eigenvalue weighted by Crippen LogP contribution is 2.29. The number of benzene rings is 3. The van der Waals surface area contributed by atoms with Crippen molar-refractivity contribution in [1.82, 2.24) is 15.0 Å². The molecule has 0 aliphatic rings. The number of aliphatic hydroxyl groups is 1. The molecule has 5 rings (SSSR count). The van der Waals surface area contributed by atoms with Crippen LogP contribution < -0.4 is 5.46 Å². The largest absolute Gasteiger partial charge is 0.427 e. The van der Waals surface area contributed by atoms with Gasteiger partial charge in [-0.2, -0.15) is 0 Å². The van der Waals surface area contributed by atoms with Gasteiger partial charge in [0, 0.05) is 23.5 Å². The smallest absolute Gasteiger partial charge is 0.330 e. The van der Waals surface area contributed by atoms with E-state index in [1.807, 2.05) is 86.8 Å². The average molecular weight is 512 g/mol. The first-order chi connectivity index (χ1) is 18.7.